The van der Waals surface area contributed by atoms with Crippen molar-refractivity contribution in [3.05, 3.63) is 29.8 Å². The van der Waals surface area contributed by atoms with Crippen molar-refractivity contribution in [3.63, 3.8) is 0 Å². The van der Waals surface area contributed by atoms with E-state index < -0.39 is 11.9 Å². The summed E-state index contributed by atoms with van der Waals surface area (Å²) < 4.78 is 0. The topological polar surface area (TPSA) is 101 Å². The van der Waals surface area contributed by atoms with Crippen LogP contribution >= 0.6 is 0 Å². The van der Waals surface area contributed by atoms with E-state index in [0.29, 0.717) is 12.1 Å². The largest absolute Gasteiger partial charge is 0.351 e. The van der Waals surface area contributed by atoms with Crippen LogP contribution in [0.4, 0.5) is 10.5 Å². The van der Waals surface area contributed by atoms with Gasteiger partial charge >= 0.3 is 6.03 Å². The van der Waals surface area contributed by atoms with E-state index in [9.17, 15) is 14.4 Å². The van der Waals surface area contributed by atoms with Crippen LogP contribution in [0, 0.1) is 0 Å². The molecule has 0 aliphatic rings. The SMILES string of the molecule is CCC(=O)Nc1cccc(C(=O)NC(N)=O)c1. The zero-order valence-corrected chi connectivity index (χ0v) is 9.32. The highest BCUT2D eigenvalue weighted by atomic mass is 16.2. The number of hydrogen-bond acceptors (Lipinski definition) is 3. The van der Waals surface area contributed by atoms with Gasteiger partial charge in [0.2, 0.25) is 5.91 Å². The fourth-order valence-corrected chi connectivity index (χ4v) is 1.17. The third-order valence-corrected chi connectivity index (χ3v) is 1.97. The van der Waals surface area contributed by atoms with Crippen LogP contribution in [0.25, 0.3) is 0 Å². The van der Waals surface area contributed by atoms with Crippen molar-refractivity contribution in [1.29, 1.82) is 0 Å². The van der Waals surface area contributed by atoms with E-state index >= 15 is 0 Å². The molecule has 0 heterocycles. The number of benzene rings is 1. The molecule has 0 unspecified atom stereocenters. The Morgan fingerprint density at radius 3 is 2.59 bits per heavy atom. The van der Waals surface area contributed by atoms with Crippen molar-refractivity contribution < 1.29 is 14.4 Å². The highest BCUT2D eigenvalue weighted by Crippen LogP contribution is 2.10. The molecular formula is C11H13N3O3. The number of hydrogen-bond donors (Lipinski definition) is 3. The second-order valence-electron chi connectivity index (χ2n) is 3.30. The summed E-state index contributed by atoms with van der Waals surface area (Å²) in [5, 5.41) is 4.55. The van der Waals surface area contributed by atoms with E-state index in [-0.39, 0.29) is 11.5 Å². The highest BCUT2D eigenvalue weighted by Gasteiger charge is 2.08. The van der Waals surface area contributed by atoms with Crippen molar-refractivity contribution in [1.82, 2.24) is 5.32 Å². The molecule has 6 heteroatoms. The molecule has 0 fully saturated rings. The van der Waals surface area contributed by atoms with Crippen LogP contribution in [-0.2, 0) is 4.79 Å². The van der Waals surface area contributed by atoms with Gasteiger partial charge in [-0.05, 0) is 18.2 Å². The summed E-state index contributed by atoms with van der Waals surface area (Å²) in [5.74, 6) is -0.762. The number of carbonyl (C=O) groups excluding carboxylic acids is 3. The molecule has 0 saturated carbocycles. The lowest BCUT2D eigenvalue weighted by molar-refractivity contribution is -0.115. The number of amides is 4. The number of urea groups is 1. The molecule has 4 N–H and O–H groups in total. The Labute approximate surface area is 98.2 Å². The number of primary amides is 1. The summed E-state index contributed by atoms with van der Waals surface area (Å²) in [6.07, 6.45) is 0.345. The third kappa shape index (κ3) is 3.94. The van der Waals surface area contributed by atoms with E-state index in [4.69, 9.17) is 5.73 Å². The van der Waals surface area contributed by atoms with Gasteiger partial charge in [0.1, 0.15) is 0 Å². The first-order valence-electron chi connectivity index (χ1n) is 5.03. The van der Waals surface area contributed by atoms with E-state index in [1.54, 1.807) is 19.1 Å². The first kappa shape index (κ1) is 12.7. The minimum atomic E-state index is -0.919. The van der Waals surface area contributed by atoms with Crippen molar-refractivity contribution in [2.75, 3.05) is 5.32 Å². The lowest BCUT2D eigenvalue weighted by Gasteiger charge is -2.05. The van der Waals surface area contributed by atoms with E-state index in [0.717, 1.165) is 0 Å². The number of nitrogens with two attached hydrogens (primary N) is 1. The highest BCUT2D eigenvalue weighted by molar-refractivity contribution is 6.04. The first-order chi connectivity index (χ1) is 8.02. The Morgan fingerprint density at radius 1 is 1.29 bits per heavy atom. The van der Waals surface area contributed by atoms with Crippen LogP contribution in [0.15, 0.2) is 24.3 Å². The molecule has 4 amide bonds. The molecule has 90 valence electrons. The minimum Gasteiger partial charge on any atom is -0.351 e. The van der Waals surface area contributed by atoms with Crippen LogP contribution < -0.4 is 16.4 Å². The second kappa shape index (κ2) is 5.64. The third-order valence-electron chi connectivity index (χ3n) is 1.97. The molecule has 6 nitrogen and oxygen atoms in total. The number of anilines is 1. The number of rotatable bonds is 3. The van der Waals surface area contributed by atoms with E-state index in [2.05, 4.69) is 5.32 Å². The van der Waals surface area contributed by atoms with Crippen LogP contribution in [0.2, 0.25) is 0 Å². The fourth-order valence-electron chi connectivity index (χ4n) is 1.17. The smallest absolute Gasteiger partial charge is 0.319 e. The molecule has 0 saturated heterocycles. The second-order valence-corrected chi connectivity index (χ2v) is 3.30. The Bertz CT molecular complexity index is 457. The number of nitrogens with one attached hydrogen (secondary N) is 2. The molecule has 0 atom stereocenters. The summed E-state index contributed by atoms with van der Waals surface area (Å²) in [5.41, 5.74) is 5.57. The average Bonchev–Trinajstić information content (AvgIpc) is 2.28. The molecule has 0 aromatic heterocycles. The molecule has 0 radical (unpaired) electrons. The normalized spacial score (nSPS) is 9.47. The predicted octanol–water partition coefficient (Wildman–Crippen LogP) is 0.844. The predicted molar refractivity (Wildman–Crippen MR) is 62.4 cm³/mol. The Kier molecular flexibility index (Phi) is 4.21. The Morgan fingerprint density at radius 2 is 2.00 bits per heavy atom. The molecule has 1 rings (SSSR count). The van der Waals surface area contributed by atoms with Crippen molar-refractivity contribution in [2.45, 2.75) is 13.3 Å². The van der Waals surface area contributed by atoms with Gasteiger partial charge in [-0.3, -0.25) is 14.9 Å². The van der Waals surface area contributed by atoms with Crippen LogP contribution in [0.5, 0.6) is 0 Å². The number of imide groups is 1. The zero-order valence-electron chi connectivity index (χ0n) is 9.32. The molecule has 0 aliphatic heterocycles. The van der Waals surface area contributed by atoms with E-state index in [1.807, 2.05) is 5.32 Å². The quantitative estimate of drug-likeness (QED) is 0.723. The van der Waals surface area contributed by atoms with Gasteiger partial charge in [0.05, 0.1) is 0 Å². The van der Waals surface area contributed by atoms with Crippen LogP contribution in [-0.4, -0.2) is 17.8 Å². The maximum atomic E-state index is 11.4. The number of carbonyl (C=O) groups is 3. The van der Waals surface area contributed by atoms with Gasteiger partial charge < -0.3 is 11.1 Å². The monoisotopic (exact) mass is 235 g/mol. The maximum absolute atomic E-state index is 11.4. The average molecular weight is 235 g/mol. The summed E-state index contributed by atoms with van der Waals surface area (Å²) in [6, 6.07) is 5.31. The molecule has 1 aromatic rings. The van der Waals surface area contributed by atoms with Gasteiger partial charge in [0.25, 0.3) is 5.91 Å². The van der Waals surface area contributed by atoms with Crippen molar-refractivity contribution >= 4 is 23.5 Å². The Hall–Kier alpha value is -2.37. The lowest BCUT2D eigenvalue weighted by atomic mass is 10.2. The molecular weight excluding hydrogens is 222 g/mol. The zero-order chi connectivity index (χ0) is 12.8. The first-order valence-corrected chi connectivity index (χ1v) is 5.03. The summed E-state index contributed by atoms with van der Waals surface area (Å²) in [6.45, 7) is 1.72. The van der Waals surface area contributed by atoms with Crippen molar-refractivity contribution in [3.8, 4) is 0 Å². The molecule has 0 aliphatic carbocycles. The van der Waals surface area contributed by atoms with E-state index in [1.165, 1.54) is 12.1 Å². The van der Waals surface area contributed by atoms with Gasteiger partial charge in [-0.15, -0.1) is 0 Å². The molecule has 0 bridgehead atoms. The summed E-state index contributed by atoms with van der Waals surface area (Å²) in [4.78, 5) is 33.1. The fraction of sp³-hybridized carbons (Fsp3) is 0.182. The maximum Gasteiger partial charge on any atom is 0.319 e. The van der Waals surface area contributed by atoms with Crippen LogP contribution in [0.1, 0.15) is 23.7 Å². The summed E-state index contributed by atoms with van der Waals surface area (Å²) in [7, 11) is 0. The molecule has 17 heavy (non-hydrogen) atoms. The van der Waals surface area contributed by atoms with Gasteiger partial charge in [-0.2, -0.15) is 0 Å². The van der Waals surface area contributed by atoms with Crippen molar-refractivity contribution in [2.24, 2.45) is 5.73 Å². The molecule has 0 spiro atoms. The van der Waals surface area contributed by atoms with Gasteiger partial charge in [-0.1, -0.05) is 13.0 Å². The van der Waals surface area contributed by atoms with Crippen LogP contribution in [0.3, 0.4) is 0 Å². The minimum absolute atomic E-state index is 0.155. The van der Waals surface area contributed by atoms with Gasteiger partial charge in [0.15, 0.2) is 0 Å². The van der Waals surface area contributed by atoms with Gasteiger partial charge in [-0.25, -0.2) is 4.79 Å². The summed E-state index contributed by atoms with van der Waals surface area (Å²) >= 11 is 0. The van der Waals surface area contributed by atoms with Gasteiger partial charge in [0, 0.05) is 17.7 Å². The lowest BCUT2D eigenvalue weighted by Crippen LogP contribution is -2.34. The molecule has 1 aromatic carbocycles. The standard InChI is InChI=1S/C11H13N3O3/c1-2-9(15)13-8-5-3-4-7(6-8)10(16)14-11(12)17/h3-6H,2H2,1H3,(H,13,15)(H3,12,14,16,17). The Balaban J connectivity index is 2.82.